The predicted molar refractivity (Wildman–Crippen MR) is 68.4 cm³/mol. The fourth-order valence-corrected chi connectivity index (χ4v) is 3.87. The van der Waals surface area contributed by atoms with E-state index >= 15 is 0 Å². The molecule has 14 heavy (non-hydrogen) atoms. The van der Waals surface area contributed by atoms with Gasteiger partial charge in [-0.25, -0.2) is 5.43 Å². The number of hydrogen-bond donors (Lipinski definition) is 2. The number of nitrogens with zero attached hydrogens (tertiary/aromatic N) is 1. The van der Waals surface area contributed by atoms with Crippen molar-refractivity contribution in [1.29, 1.82) is 0 Å². The van der Waals surface area contributed by atoms with Crippen LogP contribution in [-0.4, -0.2) is 33.0 Å². The Morgan fingerprint density at radius 1 is 1.57 bits per heavy atom. The van der Waals surface area contributed by atoms with Crippen LogP contribution in [-0.2, 0) is 4.79 Å². The monoisotopic (exact) mass is 250 g/mol. The number of hydrogen-bond acceptors (Lipinski definition) is 5. The van der Waals surface area contributed by atoms with Crippen molar-refractivity contribution in [1.82, 2.24) is 5.43 Å². The molecule has 0 aromatic carbocycles. The number of carbonyl (C=O) groups is 1. The summed E-state index contributed by atoms with van der Waals surface area (Å²) < 4.78 is 0.0316. The van der Waals surface area contributed by atoms with E-state index in [1.807, 2.05) is 30.4 Å². The molecule has 0 radical (unpaired) electrons. The van der Waals surface area contributed by atoms with Crippen molar-refractivity contribution in [3.05, 3.63) is 0 Å². The zero-order valence-electron chi connectivity index (χ0n) is 8.24. The van der Waals surface area contributed by atoms with Crippen molar-refractivity contribution in [2.45, 2.75) is 17.9 Å². The van der Waals surface area contributed by atoms with Crippen LogP contribution in [0.5, 0.6) is 0 Å². The molecule has 1 fully saturated rings. The molecule has 0 spiro atoms. The van der Waals surface area contributed by atoms with Crippen LogP contribution in [0.3, 0.4) is 0 Å². The first kappa shape index (κ1) is 12.3. The molecule has 6 heteroatoms. The van der Waals surface area contributed by atoms with E-state index in [1.54, 1.807) is 0 Å². The number of thiol groups is 1. The van der Waals surface area contributed by atoms with Crippen molar-refractivity contribution in [2.24, 2.45) is 5.10 Å². The zero-order valence-corrected chi connectivity index (χ0v) is 10.8. The van der Waals surface area contributed by atoms with Crippen molar-refractivity contribution < 1.29 is 4.79 Å². The van der Waals surface area contributed by atoms with Crippen LogP contribution in [0, 0.1) is 0 Å². The van der Waals surface area contributed by atoms with Crippen molar-refractivity contribution >= 4 is 47.8 Å². The number of amides is 1. The van der Waals surface area contributed by atoms with Gasteiger partial charge in [0.05, 0.1) is 15.5 Å². The molecule has 1 amide bonds. The van der Waals surface area contributed by atoms with Crippen molar-refractivity contribution in [2.75, 3.05) is 17.3 Å². The standard InChI is InChI=1S/C8H14N2OS3/c1-6(9-10-7(11)5-12)8(2)13-3-4-14-8/h12H,3-5H2,1-2H3,(H,10,11)/b9-6+. The Morgan fingerprint density at radius 2 is 2.14 bits per heavy atom. The van der Waals surface area contributed by atoms with E-state index in [9.17, 15) is 4.79 Å². The Bertz CT molecular complexity index is 249. The van der Waals surface area contributed by atoms with Crippen LogP contribution in [0.25, 0.3) is 0 Å². The summed E-state index contributed by atoms with van der Waals surface area (Å²) in [6.45, 7) is 4.09. The summed E-state index contributed by atoms with van der Waals surface area (Å²) in [6, 6.07) is 0. The number of carbonyl (C=O) groups excluding carboxylic acids is 1. The summed E-state index contributed by atoms with van der Waals surface area (Å²) in [6.07, 6.45) is 0. The van der Waals surface area contributed by atoms with E-state index in [-0.39, 0.29) is 15.7 Å². The topological polar surface area (TPSA) is 41.5 Å². The highest BCUT2D eigenvalue weighted by molar-refractivity contribution is 8.22. The second kappa shape index (κ2) is 5.32. The van der Waals surface area contributed by atoms with Gasteiger partial charge in [0.25, 0.3) is 0 Å². The largest absolute Gasteiger partial charge is 0.272 e. The molecule has 1 rings (SSSR count). The molecule has 0 aromatic rings. The lowest BCUT2D eigenvalue weighted by Gasteiger charge is -2.20. The second-order valence-electron chi connectivity index (χ2n) is 3.03. The van der Waals surface area contributed by atoms with Crippen LogP contribution in [0.4, 0.5) is 0 Å². The molecule has 0 unspecified atom stereocenters. The van der Waals surface area contributed by atoms with E-state index in [4.69, 9.17) is 0 Å². The normalized spacial score (nSPS) is 20.9. The van der Waals surface area contributed by atoms with Gasteiger partial charge in [-0.2, -0.15) is 17.7 Å². The van der Waals surface area contributed by atoms with Gasteiger partial charge in [-0.15, -0.1) is 23.5 Å². The molecule has 0 saturated carbocycles. The molecule has 0 aromatic heterocycles. The number of nitrogens with one attached hydrogen (secondary N) is 1. The highest BCUT2D eigenvalue weighted by Crippen LogP contribution is 2.44. The first-order valence-corrected chi connectivity index (χ1v) is 6.91. The third-order valence-corrected chi connectivity index (χ3v) is 5.75. The number of thioether (sulfide) groups is 2. The minimum absolute atomic E-state index is 0.0316. The van der Waals surface area contributed by atoms with Gasteiger partial charge in [0.2, 0.25) is 5.91 Å². The molecule has 1 aliphatic heterocycles. The highest BCUT2D eigenvalue weighted by atomic mass is 32.2. The first-order chi connectivity index (χ1) is 6.58. The third-order valence-electron chi connectivity index (χ3n) is 1.99. The maximum Gasteiger partial charge on any atom is 0.249 e. The van der Waals surface area contributed by atoms with Gasteiger partial charge in [0.15, 0.2) is 0 Å². The van der Waals surface area contributed by atoms with E-state index in [0.29, 0.717) is 0 Å². The summed E-state index contributed by atoms with van der Waals surface area (Å²) >= 11 is 7.60. The Labute approximate surface area is 98.3 Å². The Morgan fingerprint density at radius 3 is 2.64 bits per heavy atom. The van der Waals surface area contributed by atoms with Crippen LogP contribution in [0.15, 0.2) is 5.10 Å². The second-order valence-corrected chi connectivity index (χ2v) is 6.63. The van der Waals surface area contributed by atoms with Gasteiger partial charge in [-0.1, -0.05) is 0 Å². The Kier molecular flexibility index (Phi) is 4.66. The highest BCUT2D eigenvalue weighted by Gasteiger charge is 2.33. The minimum Gasteiger partial charge on any atom is -0.272 e. The summed E-state index contributed by atoms with van der Waals surface area (Å²) in [5.41, 5.74) is 3.44. The summed E-state index contributed by atoms with van der Waals surface area (Å²) in [5.74, 6) is 2.31. The van der Waals surface area contributed by atoms with Crippen LogP contribution < -0.4 is 5.43 Å². The molecule has 80 valence electrons. The lowest BCUT2D eigenvalue weighted by atomic mass is 10.3. The predicted octanol–water partition coefficient (Wildman–Crippen LogP) is 1.60. The SMILES string of the molecule is C/C(=N\NC(=O)CS)C1(C)SCCS1. The molecule has 0 aliphatic carbocycles. The van der Waals surface area contributed by atoms with E-state index < -0.39 is 0 Å². The van der Waals surface area contributed by atoms with Crippen LogP contribution in [0.2, 0.25) is 0 Å². The molecule has 0 bridgehead atoms. The lowest BCUT2D eigenvalue weighted by Crippen LogP contribution is -2.28. The van der Waals surface area contributed by atoms with E-state index in [0.717, 1.165) is 17.2 Å². The van der Waals surface area contributed by atoms with Crippen LogP contribution >= 0.6 is 36.2 Å². The first-order valence-electron chi connectivity index (χ1n) is 4.31. The van der Waals surface area contributed by atoms with Crippen molar-refractivity contribution in [3.63, 3.8) is 0 Å². The fraction of sp³-hybridized carbons (Fsp3) is 0.750. The maximum absolute atomic E-state index is 10.9. The molecule has 0 atom stereocenters. The Hall–Kier alpha value is 0.190. The molecule has 1 N–H and O–H groups in total. The summed E-state index contributed by atoms with van der Waals surface area (Å²) in [5, 5.41) is 4.08. The van der Waals surface area contributed by atoms with Crippen LogP contribution in [0.1, 0.15) is 13.8 Å². The average molecular weight is 250 g/mol. The van der Waals surface area contributed by atoms with E-state index in [1.165, 1.54) is 0 Å². The minimum atomic E-state index is -0.163. The van der Waals surface area contributed by atoms with Gasteiger partial charge < -0.3 is 0 Å². The fourth-order valence-electron chi connectivity index (χ4n) is 1.01. The zero-order chi connectivity index (χ0) is 10.6. The molecule has 1 saturated heterocycles. The number of hydrazone groups is 1. The molecular formula is C8H14N2OS3. The maximum atomic E-state index is 10.9. The Balaban J connectivity index is 2.54. The molecule has 1 heterocycles. The molecular weight excluding hydrogens is 236 g/mol. The van der Waals surface area contributed by atoms with Gasteiger partial charge in [-0.05, 0) is 13.8 Å². The lowest BCUT2D eigenvalue weighted by molar-refractivity contribution is -0.118. The van der Waals surface area contributed by atoms with Gasteiger partial charge >= 0.3 is 0 Å². The smallest absolute Gasteiger partial charge is 0.249 e. The summed E-state index contributed by atoms with van der Waals surface area (Å²) in [7, 11) is 0. The van der Waals surface area contributed by atoms with Gasteiger partial charge in [-0.3, -0.25) is 4.79 Å². The van der Waals surface area contributed by atoms with E-state index in [2.05, 4.69) is 30.1 Å². The quantitative estimate of drug-likeness (QED) is 0.454. The third kappa shape index (κ3) is 3.10. The average Bonchev–Trinajstić information content (AvgIpc) is 2.62. The molecule has 1 aliphatic rings. The number of rotatable bonds is 3. The van der Waals surface area contributed by atoms with Gasteiger partial charge in [0, 0.05) is 11.5 Å². The molecule has 3 nitrogen and oxygen atoms in total. The summed E-state index contributed by atoms with van der Waals surface area (Å²) in [4.78, 5) is 10.9. The van der Waals surface area contributed by atoms with Crippen molar-refractivity contribution in [3.8, 4) is 0 Å². The van der Waals surface area contributed by atoms with Gasteiger partial charge in [0.1, 0.15) is 0 Å².